The lowest BCUT2D eigenvalue weighted by Crippen LogP contribution is -2.36. The molecule has 1 atom stereocenters. The highest BCUT2D eigenvalue weighted by atomic mass is 19.1. The van der Waals surface area contributed by atoms with Gasteiger partial charge in [0.25, 0.3) is 11.8 Å². The minimum Gasteiger partial charge on any atom is -0.455 e. The summed E-state index contributed by atoms with van der Waals surface area (Å²) in [5.41, 5.74) is 3.92. The van der Waals surface area contributed by atoms with Crippen molar-refractivity contribution in [2.24, 2.45) is 0 Å². The van der Waals surface area contributed by atoms with Gasteiger partial charge in [-0.05, 0) is 78.9 Å². The van der Waals surface area contributed by atoms with Crippen molar-refractivity contribution in [2.75, 3.05) is 20.2 Å². The van der Waals surface area contributed by atoms with E-state index in [1.54, 1.807) is 19.2 Å². The van der Waals surface area contributed by atoms with Crippen LogP contribution in [-0.2, 0) is 0 Å². The number of carbonyl (C=O) groups excluding carboxylic acids is 2. The van der Waals surface area contributed by atoms with E-state index < -0.39 is 0 Å². The Morgan fingerprint density at radius 1 is 1.03 bits per heavy atom. The maximum absolute atomic E-state index is 13.4. The number of likely N-dealkylation sites (tertiary alicyclic amines) is 1. The summed E-state index contributed by atoms with van der Waals surface area (Å²) < 4.78 is 19.5. The smallest absolute Gasteiger partial charge is 0.255 e. The predicted octanol–water partition coefficient (Wildman–Crippen LogP) is 5.25. The third-order valence-electron chi connectivity index (χ3n) is 6.81. The summed E-state index contributed by atoms with van der Waals surface area (Å²) in [4.78, 5) is 27.7. The first-order valence-electron chi connectivity index (χ1n) is 12.1. The van der Waals surface area contributed by atoms with Crippen molar-refractivity contribution in [2.45, 2.75) is 25.3 Å². The van der Waals surface area contributed by atoms with E-state index in [9.17, 15) is 19.1 Å². The SMILES string of the molecule is CNC(=O)c1c(-c2ccc(F)cc2)oc2ccc(-c3ccc(C(=O)N4CCCC4CCO)cc3)cc12. The third kappa shape index (κ3) is 4.38. The molecular weight excluding hydrogens is 459 g/mol. The highest BCUT2D eigenvalue weighted by Gasteiger charge is 2.29. The Morgan fingerprint density at radius 2 is 1.72 bits per heavy atom. The molecule has 4 aromatic rings. The summed E-state index contributed by atoms with van der Waals surface area (Å²) in [5, 5.41) is 12.6. The number of aliphatic hydroxyl groups excluding tert-OH is 1. The number of halogens is 1. The van der Waals surface area contributed by atoms with Crippen LogP contribution in [0, 0.1) is 5.82 Å². The van der Waals surface area contributed by atoms with E-state index in [1.807, 2.05) is 47.4 Å². The molecule has 0 bridgehead atoms. The fraction of sp³-hybridized carbons (Fsp3) is 0.241. The van der Waals surface area contributed by atoms with Gasteiger partial charge in [-0.1, -0.05) is 18.2 Å². The van der Waals surface area contributed by atoms with Crippen LogP contribution >= 0.6 is 0 Å². The van der Waals surface area contributed by atoms with Gasteiger partial charge in [0.05, 0.1) is 5.56 Å². The largest absolute Gasteiger partial charge is 0.455 e. The molecule has 0 aliphatic carbocycles. The van der Waals surface area contributed by atoms with Crippen molar-refractivity contribution in [3.8, 4) is 22.5 Å². The van der Waals surface area contributed by atoms with E-state index in [1.165, 1.54) is 12.1 Å². The number of nitrogens with zero attached hydrogens (tertiary/aromatic N) is 1. The number of hydrogen-bond donors (Lipinski definition) is 2. The fourth-order valence-corrected chi connectivity index (χ4v) is 4.96. The summed E-state index contributed by atoms with van der Waals surface area (Å²) in [6.45, 7) is 0.784. The van der Waals surface area contributed by atoms with E-state index >= 15 is 0 Å². The lowest BCUT2D eigenvalue weighted by atomic mass is 9.99. The van der Waals surface area contributed by atoms with Crippen molar-refractivity contribution >= 4 is 22.8 Å². The van der Waals surface area contributed by atoms with Crippen molar-refractivity contribution in [1.82, 2.24) is 10.2 Å². The van der Waals surface area contributed by atoms with Crippen molar-refractivity contribution < 1.29 is 23.5 Å². The molecular formula is C29H27FN2O4. The molecule has 2 heterocycles. The van der Waals surface area contributed by atoms with Gasteiger partial charge in [-0.3, -0.25) is 9.59 Å². The Balaban J connectivity index is 1.49. The van der Waals surface area contributed by atoms with E-state index in [0.29, 0.717) is 46.4 Å². The number of nitrogens with one attached hydrogen (secondary N) is 1. The zero-order valence-corrected chi connectivity index (χ0v) is 20.0. The molecule has 184 valence electrons. The minimum absolute atomic E-state index is 0.0198. The van der Waals surface area contributed by atoms with Crippen molar-refractivity contribution in [3.63, 3.8) is 0 Å². The average molecular weight is 487 g/mol. The number of aliphatic hydroxyl groups is 1. The number of rotatable bonds is 6. The summed E-state index contributed by atoms with van der Waals surface area (Å²) in [5.74, 6) is -0.303. The number of furan rings is 1. The van der Waals surface area contributed by atoms with Gasteiger partial charge in [0.1, 0.15) is 17.2 Å². The first-order chi connectivity index (χ1) is 17.5. The van der Waals surface area contributed by atoms with Gasteiger partial charge in [0.2, 0.25) is 0 Å². The number of hydrogen-bond acceptors (Lipinski definition) is 4. The monoisotopic (exact) mass is 486 g/mol. The van der Waals surface area contributed by atoms with Crippen LogP contribution < -0.4 is 5.32 Å². The van der Waals surface area contributed by atoms with Crippen LogP contribution in [0.1, 0.15) is 40.0 Å². The second kappa shape index (κ2) is 9.95. The second-order valence-corrected chi connectivity index (χ2v) is 8.99. The standard InChI is InChI=1S/C29H27FN2O4/c1-31-28(34)26-24-17-21(10-13-25(24)36-27(26)19-8-11-22(30)12-9-19)18-4-6-20(7-5-18)29(35)32-15-2-3-23(32)14-16-33/h4-13,17,23,33H,2-3,14-16H2,1H3,(H,31,34). The lowest BCUT2D eigenvalue weighted by Gasteiger charge is -2.24. The highest BCUT2D eigenvalue weighted by molar-refractivity contribution is 6.11. The molecule has 1 aliphatic heterocycles. The van der Waals surface area contributed by atoms with Gasteiger partial charge in [-0.15, -0.1) is 0 Å². The van der Waals surface area contributed by atoms with Gasteiger partial charge in [0, 0.05) is 42.8 Å². The number of amides is 2. The Bertz CT molecular complexity index is 1410. The van der Waals surface area contributed by atoms with Crippen LogP contribution in [0.3, 0.4) is 0 Å². The molecule has 0 radical (unpaired) electrons. The Morgan fingerprint density at radius 3 is 2.42 bits per heavy atom. The Kier molecular flexibility index (Phi) is 6.57. The van der Waals surface area contributed by atoms with Crippen molar-refractivity contribution in [1.29, 1.82) is 0 Å². The van der Waals surface area contributed by atoms with Crippen molar-refractivity contribution in [3.05, 3.63) is 83.7 Å². The van der Waals surface area contributed by atoms with Crippen LogP contribution in [0.4, 0.5) is 4.39 Å². The Labute approximate surface area is 208 Å². The van der Waals surface area contributed by atoms with Crippen LogP contribution in [-0.4, -0.2) is 48.1 Å². The normalized spacial score (nSPS) is 15.4. The van der Waals surface area contributed by atoms with Gasteiger partial charge < -0.3 is 19.7 Å². The molecule has 0 spiro atoms. The molecule has 1 unspecified atom stereocenters. The molecule has 36 heavy (non-hydrogen) atoms. The Hall–Kier alpha value is -3.97. The maximum atomic E-state index is 13.4. The molecule has 7 heteroatoms. The molecule has 6 nitrogen and oxygen atoms in total. The molecule has 2 N–H and O–H groups in total. The van der Waals surface area contributed by atoms with Gasteiger partial charge in [-0.25, -0.2) is 4.39 Å². The van der Waals surface area contributed by atoms with E-state index in [2.05, 4.69) is 5.32 Å². The maximum Gasteiger partial charge on any atom is 0.255 e. The number of fused-ring (bicyclic) bond motifs is 1. The van der Waals surface area contributed by atoms with E-state index in [4.69, 9.17) is 4.42 Å². The summed E-state index contributed by atoms with van der Waals surface area (Å²) >= 11 is 0. The zero-order valence-electron chi connectivity index (χ0n) is 20.0. The van der Waals surface area contributed by atoms with E-state index in [0.717, 1.165) is 24.0 Å². The molecule has 1 aliphatic rings. The zero-order chi connectivity index (χ0) is 25.2. The van der Waals surface area contributed by atoms with E-state index in [-0.39, 0.29) is 30.3 Å². The predicted molar refractivity (Wildman–Crippen MR) is 136 cm³/mol. The van der Waals surface area contributed by atoms with Crippen LogP contribution in [0.5, 0.6) is 0 Å². The molecule has 5 rings (SSSR count). The van der Waals surface area contributed by atoms with Crippen LogP contribution in [0.2, 0.25) is 0 Å². The average Bonchev–Trinajstić information content (AvgIpc) is 3.53. The number of benzene rings is 3. The molecule has 0 saturated carbocycles. The first-order valence-corrected chi connectivity index (χ1v) is 12.1. The lowest BCUT2D eigenvalue weighted by molar-refractivity contribution is 0.0716. The van der Waals surface area contributed by atoms with Gasteiger partial charge in [-0.2, -0.15) is 0 Å². The summed E-state index contributed by atoms with van der Waals surface area (Å²) in [6, 6.07) is 19.0. The molecule has 1 aromatic heterocycles. The van der Waals surface area contributed by atoms with Gasteiger partial charge in [0.15, 0.2) is 0 Å². The molecule has 1 saturated heterocycles. The highest BCUT2D eigenvalue weighted by Crippen LogP contribution is 2.36. The third-order valence-corrected chi connectivity index (χ3v) is 6.81. The molecule has 1 fully saturated rings. The van der Waals surface area contributed by atoms with Crippen LogP contribution in [0.15, 0.2) is 71.1 Å². The summed E-state index contributed by atoms with van der Waals surface area (Å²) in [7, 11) is 1.56. The minimum atomic E-state index is -0.366. The molecule has 3 aromatic carbocycles. The summed E-state index contributed by atoms with van der Waals surface area (Å²) in [6.07, 6.45) is 2.47. The first kappa shape index (κ1) is 23.8. The van der Waals surface area contributed by atoms with Crippen LogP contribution in [0.25, 0.3) is 33.4 Å². The number of carbonyl (C=O) groups is 2. The fourth-order valence-electron chi connectivity index (χ4n) is 4.96. The topological polar surface area (TPSA) is 82.8 Å². The quantitative estimate of drug-likeness (QED) is 0.390. The van der Waals surface area contributed by atoms with Gasteiger partial charge >= 0.3 is 0 Å². The second-order valence-electron chi connectivity index (χ2n) is 8.99. The molecule has 2 amide bonds.